The van der Waals surface area contributed by atoms with Crippen LogP contribution in [0.1, 0.15) is 5.56 Å². The highest BCUT2D eigenvalue weighted by Gasteiger charge is 2.09. The summed E-state index contributed by atoms with van der Waals surface area (Å²) < 4.78 is 0. The number of phenols is 1. The van der Waals surface area contributed by atoms with Crippen molar-refractivity contribution in [3.05, 3.63) is 60.4 Å². The zero-order valence-electron chi connectivity index (χ0n) is 10.9. The summed E-state index contributed by atoms with van der Waals surface area (Å²) in [6.07, 6.45) is 3.44. The van der Waals surface area contributed by atoms with Crippen LogP contribution in [0.15, 0.2) is 54.9 Å². The van der Waals surface area contributed by atoms with E-state index in [1.54, 1.807) is 12.4 Å². The summed E-state index contributed by atoms with van der Waals surface area (Å²) in [4.78, 5) is 3.96. The smallest absolute Gasteiger partial charge is 0.144 e. The maximum Gasteiger partial charge on any atom is 0.144 e. The molecule has 0 saturated carbocycles. The Labute approximate surface area is 116 Å². The van der Waals surface area contributed by atoms with Crippen LogP contribution in [0.4, 0.5) is 11.4 Å². The SMILES string of the molecule is Nc1c(O)c(CNc2ccncc2)cc2ccccc12. The third kappa shape index (κ3) is 2.23. The Bertz CT molecular complexity index is 741. The van der Waals surface area contributed by atoms with Crippen LogP contribution < -0.4 is 11.1 Å². The minimum absolute atomic E-state index is 0.144. The van der Waals surface area contributed by atoms with Gasteiger partial charge in [0.05, 0.1) is 5.69 Å². The molecule has 0 saturated heterocycles. The summed E-state index contributed by atoms with van der Waals surface area (Å²) in [6, 6.07) is 13.5. The van der Waals surface area contributed by atoms with Gasteiger partial charge in [0.25, 0.3) is 0 Å². The van der Waals surface area contributed by atoms with Crippen LogP contribution in [-0.2, 0) is 6.54 Å². The lowest BCUT2D eigenvalue weighted by molar-refractivity contribution is 0.472. The van der Waals surface area contributed by atoms with Gasteiger partial charge in [-0.2, -0.15) is 0 Å². The molecular formula is C16H15N3O. The van der Waals surface area contributed by atoms with Gasteiger partial charge in [-0.1, -0.05) is 24.3 Å². The summed E-state index contributed by atoms with van der Waals surface area (Å²) in [5, 5.41) is 15.3. The van der Waals surface area contributed by atoms with E-state index in [1.807, 2.05) is 42.5 Å². The molecule has 3 rings (SSSR count). The zero-order chi connectivity index (χ0) is 13.9. The van der Waals surface area contributed by atoms with Crippen LogP contribution in [0.3, 0.4) is 0 Å². The summed E-state index contributed by atoms with van der Waals surface area (Å²) in [5.41, 5.74) is 8.15. The molecule has 4 heteroatoms. The number of anilines is 2. The highest BCUT2D eigenvalue weighted by Crippen LogP contribution is 2.33. The highest BCUT2D eigenvalue weighted by atomic mass is 16.3. The molecule has 0 amide bonds. The summed E-state index contributed by atoms with van der Waals surface area (Å²) in [6.45, 7) is 0.505. The molecule has 4 N–H and O–H groups in total. The Morgan fingerprint density at radius 2 is 1.85 bits per heavy atom. The fourth-order valence-electron chi connectivity index (χ4n) is 2.23. The number of fused-ring (bicyclic) bond motifs is 1. The minimum atomic E-state index is 0.144. The van der Waals surface area contributed by atoms with E-state index in [4.69, 9.17) is 5.73 Å². The van der Waals surface area contributed by atoms with Gasteiger partial charge < -0.3 is 16.2 Å². The van der Waals surface area contributed by atoms with Gasteiger partial charge in [0.2, 0.25) is 0 Å². The average molecular weight is 265 g/mol. The molecule has 3 aromatic rings. The normalized spacial score (nSPS) is 10.6. The fraction of sp³-hybridized carbons (Fsp3) is 0.0625. The van der Waals surface area contributed by atoms with Crippen molar-refractivity contribution in [1.29, 1.82) is 0 Å². The number of hydrogen-bond donors (Lipinski definition) is 3. The molecule has 0 aliphatic rings. The standard InChI is InChI=1S/C16H15N3O/c17-15-14-4-2-1-3-11(14)9-12(16(15)20)10-19-13-5-7-18-8-6-13/h1-9,20H,10,17H2,(H,18,19). The second kappa shape index (κ2) is 5.09. The van der Waals surface area contributed by atoms with Crippen LogP contribution in [0.5, 0.6) is 5.75 Å². The first-order valence-corrected chi connectivity index (χ1v) is 6.38. The quantitative estimate of drug-likeness (QED) is 0.502. The number of nitrogens with two attached hydrogens (primary N) is 1. The first-order valence-electron chi connectivity index (χ1n) is 6.38. The third-order valence-corrected chi connectivity index (χ3v) is 3.30. The molecule has 0 fully saturated rings. The van der Waals surface area contributed by atoms with Crippen LogP contribution in [0.25, 0.3) is 10.8 Å². The van der Waals surface area contributed by atoms with Crippen molar-refractivity contribution in [3.8, 4) is 5.75 Å². The Morgan fingerprint density at radius 1 is 1.10 bits per heavy atom. The van der Waals surface area contributed by atoms with E-state index in [2.05, 4.69) is 10.3 Å². The van der Waals surface area contributed by atoms with Crippen molar-refractivity contribution in [2.45, 2.75) is 6.54 Å². The number of nitrogens with zero attached hydrogens (tertiary/aromatic N) is 1. The molecule has 1 aromatic heterocycles. The van der Waals surface area contributed by atoms with E-state index in [1.165, 1.54) is 0 Å². The Balaban J connectivity index is 1.94. The van der Waals surface area contributed by atoms with Crippen molar-refractivity contribution < 1.29 is 5.11 Å². The number of aromatic nitrogens is 1. The maximum absolute atomic E-state index is 10.2. The molecule has 0 aliphatic carbocycles. The molecule has 2 aromatic carbocycles. The number of pyridine rings is 1. The summed E-state index contributed by atoms with van der Waals surface area (Å²) in [5.74, 6) is 0.144. The molecular weight excluding hydrogens is 250 g/mol. The van der Waals surface area contributed by atoms with Gasteiger partial charge in [-0.3, -0.25) is 4.98 Å². The predicted molar refractivity (Wildman–Crippen MR) is 81.6 cm³/mol. The monoisotopic (exact) mass is 265 g/mol. The van der Waals surface area contributed by atoms with Crippen LogP contribution in [0.2, 0.25) is 0 Å². The van der Waals surface area contributed by atoms with Crippen molar-refractivity contribution in [1.82, 2.24) is 4.98 Å². The number of benzene rings is 2. The largest absolute Gasteiger partial charge is 0.505 e. The highest BCUT2D eigenvalue weighted by molar-refractivity contribution is 5.96. The number of hydrogen-bond acceptors (Lipinski definition) is 4. The van der Waals surface area contributed by atoms with Gasteiger partial charge in [0.1, 0.15) is 5.75 Å². The number of rotatable bonds is 3. The molecule has 0 unspecified atom stereocenters. The number of nitrogens with one attached hydrogen (secondary N) is 1. The second-order valence-electron chi connectivity index (χ2n) is 4.61. The van der Waals surface area contributed by atoms with Gasteiger partial charge >= 0.3 is 0 Å². The number of nitrogen functional groups attached to an aromatic ring is 1. The molecule has 4 nitrogen and oxygen atoms in total. The topological polar surface area (TPSA) is 71.2 Å². The van der Waals surface area contributed by atoms with Crippen molar-refractivity contribution in [2.24, 2.45) is 0 Å². The van der Waals surface area contributed by atoms with Crippen molar-refractivity contribution in [2.75, 3.05) is 11.1 Å². The van der Waals surface area contributed by atoms with Crippen LogP contribution >= 0.6 is 0 Å². The zero-order valence-corrected chi connectivity index (χ0v) is 10.9. The van der Waals surface area contributed by atoms with Gasteiger partial charge in [-0.05, 0) is 23.6 Å². The lowest BCUT2D eigenvalue weighted by Crippen LogP contribution is -2.01. The lowest BCUT2D eigenvalue weighted by Gasteiger charge is -2.12. The van der Waals surface area contributed by atoms with Gasteiger partial charge in [0, 0.05) is 35.6 Å². The number of phenolic OH excluding ortho intramolecular Hbond substituents is 1. The molecule has 0 spiro atoms. The van der Waals surface area contributed by atoms with Crippen molar-refractivity contribution in [3.63, 3.8) is 0 Å². The lowest BCUT2D eigenvalue weighted by atomic mass is 10.0. The minimum Gasteiger partial charge on any atom is -0.505 e. The molecule has 0 bridgehead atoms. The molecule has 100 valence electrons. The van der Waals surface area contributed by atoms with E-state index in [-0.39, 0.29) is 5.75 Å². The molecule has 1 heterocycles. The third-order valence-electron chi connectivity index (χ3n) is 3.30. The molecule has 0 atom stereocenters. The van der Waals surface area contributed by atoms with E-state index in [0.29, 0.717) is 12.2 Å². The fourth-order valence-corrected chi connectivity index (χ4v) is 2.23. The van der Waals surface area contributed by atoms with Crippen LogP contribution in [-0.4, -0.2) is 10.1 Å². The summed E-state index contributed by atoms with van der Waals surface area (Å²) in [7, 11) is 0. The Morgan fingerprint density at radius 3 is 2.65 bits per heavy atom. The first-order chi connectivity index (χ1) is 9.75. The van der Waals surface area contributed by atoms with E-state index in [0.717, 1.165) is 22.0 Å². The maximum atomic E-state index is 10.2. The Kier molecular flexibility index (Phi) is 3.13. The molecule has 0 radical (unpaired) electrons. The van der Waals surface area contributed by atoms with Gasteiger partial charge in [0.15, 0.2) is 0 Å². The van der Waals surface area contributed by atoms with Gasteiger partial charge in [-0.15, -0.1) is 0 Å². The molecule has 0 aliphatic heterocycles. The predicted octanol–water partition coefficient (Wildman–Crippen LogP) is 3.13. The van der Waals surface area contributed by atoms with Crippen LogP contribution in [0, 0.1) is 0 Å². The van der Waals surface area contributed by atoms with Crippen molar-refractivity contribution >= 4 is 22.1 Å². The molecule has 20 heavy (non-hydrogen) atoms. The van der Waals surface area contributed by atoms with E-state index < -0.39 is 0 Å². The number of aromatic hydroxyl groups is 1. The summed E-state index contributed by atoms with van der Waals surface area (Å²) >= 11 is 0. The van der Waals surface area contributed by atoms with Gasteiger partial charge in [-0.25, -0.2) is 0 Å². The van der Waals surface area contributed by atoms with E-state index >= 15 is 0 Å². The average Bonchev–Trinajstić information content (AvgIpc) is 2.50. The Hall–Kier alpha value is -2.75. The first kappa shape index (κ1) is 12.3. The second-order valence-corrected chi connectivity index (χ2v) is 4.61. The van der Waals surface area contributed by atoms with E-state index in [9.17, 15) is 5.11 Å².